The van der Waals surface area contributed by atoms with Gasteiger partial charge in [0.1, 0.15) is 11.3 Å². The topological polar surface area (TPSA) is 79.3 Å². The molecular formula is C46H63N5O2. The maximum Gasteiger partial charge on any atom is 0.323 e. The van der Waals surface area contributed by atoms with Gasteiger partial charge in [-0.25, -0.2) is 9.78 Å². The summed E-state index contributed by atoms with van der Waals surface area (Å²) >= 11 is 0. The maximum absolute atomic E-state index is 14.5. The summed E-state index contributed by atoms with van der Waals surface area (Å²) in [6.07, 6.45) is 13.4. The van der Waals surface area contributed by atoms with Gasteiger partial charge in [-0.3, -0.25) is 14.3 Å². The molecule has 2 aromatic heterocycles. The number of pyridine rings is 2. The van der Waals surface area contributed by atoms with Crippen LogP contribution in [0.25, 0.3) is 22.2 Å². The fraction of sp³-hybridized carbons (Fsp3) is 0.500. The number of para-hydroxylation sites is 1. The quantitative estimate of drug-likeness (QED) is 0.0747. The number of anilines is 2. The highest BCUT2D eigenvalue weighted by Gasteiger charge is 2.22. The van der Waals surface area contributed by atoms with Crippen LogP contribution in [0.15, 0.2) is 65.6 Å². The number of nitrogens with one attached hydrogen (secondary N) is 2. The van der Waals surface area contributed by atoms with Crippen molar-refractivity contribution >= 4 is 28.4 Å². The van der Waals surface area contributed by atoms with Crippen LogP contribution in [0.4, 0.5) is 16.2 Å². The summed E-state index contributed by atoms with van der Waals surface area (Å²) in [7, 11) is 0. The largest absolute Gasteiger partial charge is 0.323 e. The molecule has 0 atom stereocenters. The predicted molar refractivity (Wildman–Crippen MR) is 225 cm³/mol. The number of benzene rings is 2. The van der Waals surface area contributed by atoms with Crippen molar-refractivity contribution in [2.24, 2.45) is 0 Å². The third-order valence-corrected chi connectivity index (χ3v) is 9.95. The maximum atomic E-state index is 14.5. The van der Waals surface area contributed by atoms with Crippen LogP contribution in [0, 0.1) is 11.8 Å². The zero-order chi connectivity index (χ0) is 38.2. The zero-order valence-electron chi connectivity index (χ0n) is 33.5. The van der Waals surface area contributed by atoms with Gasteiger partial charge in [-0.1, -0.05) is 136 Å². The van der Waals surface area contributed by atoms with Crippen molar-refractivity contribution in [1.82, 2.24) is 14.5 Å². The molecule has 0 aliphatic heterocycles. The Kier molecular flexibility index (Phi) is 16.6. The number of unbranched alkanes of at least 4 members (excludes halogenated alkanes) is 7. The summed E-state index contributed by atoms with van der Waals surface area (Å²) in [6.45, 7) is 18.5. The number of fused-ring (bicyclic) bond motifs is 1. The monoisotopic (exact) mass is 717 g/mol. The Bertz CT molecular complexity index is 1860. The number of urea groups is 1. The molecule has 4 rings (SSSR count). The molecule has 0 radical (unpaired) electrons. The highest BCUT2D eigenvalue weighted by Crippen LogP contribution is 2.35. The summed E-state index contributed by atoms with van der Waals surface area (Å²) in [5.74, 6) is 7.30. The smallest absolute Gasteiger partial charge is 0.307 e. The van der Waals surface area contributed by atoms with E-state index < -0.39 is 6.03 Å². The van der Waals surface area contributed by atoms with E-state index >= 15 is 0 Å². The first-order valence-corrected chi connectivity index (χ1v) is 20.2. The van der Waals surface area contributed by atoms with E-state index in [9.17, 15) is 9.59 Å². The van der Waals surface area contributed by atoms with Gasteiger partial charge >= 0.3 is 6.03 Å². The van der Waals surface area contributed by atoms with Crippen molar-refractivity contribution in [2.75, 3.05) is 30.3 Å². The normalized spacial score (nSPS) is 11.4. The van der Waals surface area contributed by atoms with Crippen molar-refractivity contribution in [1.29, 1.82) is 0 Å². The minimum Gasteiger partial charge on any atom is -0.307 e. The van der Waals surface area contributed by atoms with E-state index in [1.807, 2.05) is 42.5 Å². The molecule has 4 aromatic rings. The van der Waals surface area contributed by atoms with E-state index in [1.165, 1.54) is 51.4 Å². The Hall–Kier alpha value is -4.41. The average molecular weight is 718 g/mol. The molecule has 7 nitrogen and oxygen atoms in total. The molecule has 0 saturated heterocycles. The number of carbonyl (C=O) groups excluding carboxylic acids is 1. The number of hydrogen-bond donors (Lipinski definition) is 2. The Morgan fingerprint density at radius 2 is 1.40 bits per heavy atom. The number of carbonyl (C=O) groups is 1. The van der Waals surface area contributed by atoms with Crippen LogP contribution in [0.2, 0.25) is 0 Å². The van der Waals surface area contributed by atoms with Crippen LogP contribution in [0.3, 0.4) is 0 Å². The minimum atomic E-state index is -0.447. The molecule has 2 amide bonds. The van der Waals surface area contributed by atoms with Crippen molar-refractivity contribution in [2.45, 2.75) is 131 Å². The third kappa shape index (κ3) is 11.5. The first-order chi connectivity index (χ1) is 25.7. The minimum absolute atomic E-state index is 0.204. The van der Waals surface area contributed by atoms with E-state index in [-0.39, 0.29) is 23.1 Å². The van der Waals surface area contributed by atoms with Gasteiger partial charge in [-0.2, -0.15) is 0 Å². The van der Waals surface area contributed by atoms with Crippen LogP contribution < -0.4 is 16.2 Å². The van der Waals surface area contributed by atoms with E-state index in [1.54, 1.807) is 10.8 Å². The van der Waals surface area contributed by atoms with Crippen LogP contribution >= 0.6 is 0 Å². The van der Waals surface area contributed by atoms with Gasteiger partial charge in [0.2, 0.25) is 0 Å². The first kappa shape index (κ1) is 41.3. The number of amides is 2. The van der Waals surface area contributed by atoms with Crippen molar-refractivity contribution < 1.29 is 4.79 Å². The van der Waals surface area contributed by atoms with E-state index in [0.29, 0.717) is 17.8 Å². The van der Waals surface area contributed by atoms with Gasteiger partial charge < -0.3 is 10.6 Å². The third-order valence-electron chi connectivity index (χ3n) is 9.95. The molecule has 0 aliphatic carbocycles. The fourth-order valence-corrected chi connectivity index (χ4v) is 6.97. The fourth-order valence-electron chi connectivity index (χ4n) is 6.97. The number of aryl methyl sites for hydroxylation is 1. The number of aromatic nitrogens is 2. The lowest BCUT2D eigenvalue weighted by Crippen LogP contribution is -2.30. The Labute approximate surface area is 319 Å². The molecule has 0 unspecified atom stereocenters. The highest BCUT2D eigenvalue weighted by molar-refractivity contribution is 6.07. The summed E-state index contributed by atoms with van der Waals surface area (Å²) in [5.41, 5.74) is 5.82. The van der Waals surface area contributed by atoms with Gasteiger partial charge in [0.25, 0.3) is 5.56 Å². The molecule has 284 valence electrons. The molecule has 53 heavy (non-hydrogen) atoms. The summed E-state index contributed by atoms with van der Waals surface area (Å²) in [5, 5.41) is 7.01. The molecule has 0 aliphatic rings. The van der Waals surface area contributed by atoms with Gasteiger partial charge in [-0.15, -0.1) is 0 Å². The molecular weight excluding hydrogens is 655 g/mol. The van der Waals surface area contributed by atoms with E-state index in [2.05, 4.69) is 88.0 Å². The molecule has 2 heterocycles. The molecule has 0 spiro atoms. The van der Waals surface area contributed by atoms with Crippen molar-refractivity contribution in [3.63, 3.8) is 0 Å². The van der Waals surface area contributed by atoms with Gasteiger partial charge in [0.05, 0.1) is 6.54 Å². The Morgan fingerprint density at radius 3 is 2.02 bits per heavy atom. The van der Waals surface area contributed by atoms with E-state index in [4.69, 9.17) is 4.98 Å². The number of rotatable bonds is 19. The van der Waals surface area contributed by atoms with Gasteiger partial charge in [0, 0.05) is 34.9 Å². The second kappa shape index (κ2) is 21.3. The van der Waals surface area contributed by atoms with E-state index in [0.717, 1.165) is 65.8 Å². The predicted octanol–water partition coefficient (Wildman–Crippen LogP) is 11.6. The summed E-state index contributed by atoms with van der Waals surface area (Å²) in [4.78, 5) is 35.7. The standard InChI is InChI=1S/C46H63N5O2/c1-8-11-14-16-29-50(30-17-15-12-9-2)31-21-23-36-22-18-24-37(33-36)41-40-27-20-28-47-44(40)51(32-13-10-3)45(52)43(41)49-46(53)48-42-38(34(4)5)25-19-26-39(42)35(6)7/h18-20,22,24-28,33-35H,8-17,29-32H2,1-7H3,(H2,48,49,53). The second-order valence-electron chi connectivity index (χ2n) is 14.9. The van der Waals surface area contributed by atoms with Crippen LogP contribution in [-0.4, -0.2) is 40.1 Å². The van der Waals surface area contributed by atoms with Gasteiger partial charge in [-0.05, 0) is 85.1 Å². The lowest BCUT2D eigenvalue weighted by molar-refractivity contribution is 0.262. The van der Waals surface area contributed by atoms with Crippen molar-refractivity contribution in [3.8, 4) is 23.0 Å². The highest BCUT2D eigenvalue weighted by atomic mass is 16.2. The van der Waals surface area contributed by atoms with Gasteiger partial charge in [0.15, 0.2) is 0 Å². The van der Waals surface area contributed by atoms with Crippen LogP contribution in [0.1, 0.15) is 141 Å². The SMILES string of the molecule is CCCCCCN(CC#Cc1cccc(-c2c(NC(=O)Nc3c(C(C)C)cccc3C(C)C)c(=O)n(CCCC)c3ncccc23)c1)CCCCCC. The molecule has 0 bridgehead atoms. The number of hydrogen-bond acceptors (Lipinski definition) is 4. The molecule has 7 heteroatoms. The first-order valence-electron chi connectivity index (χ1n) is 20.2. The summed E-state index contributed by atoms with van der Waals surface area (Å²) < 4.78 is 1.71. The second-order valence-corrected chi connectivity index (χ2v) is 14.9. The Balaban J connectivity index is 1.74. The summed E-state index contributed by atoms with van der Waals surface area (Å²) in [6, 6.07) is 17.6. The average Bonchev–Trinajstić information content (AvgIpc) is 3.15. The Morgan fingerprint density at radius 1 is 0.774 bits per heavy atom. The van der Waals surface area contributed by atoms with Crippen molar-refractivity contribution in [3.05, 3.63) is 87.8 Å². The molecule has 0 saturated carbocycles. The van der Waals surface area contributed by atoms with Crippen LogP contribution in [-0.2, 0) is 6.54 Å². The lowest BCUT2D eigenvalue weighted by Gasteiger charge is -2.22. The lowest BCUT2D eigenvalue weighted by atomic mass is 9.93. The molecule has 2 N–H and O–H groups in total. The molecule has 0 fully saturated rings. The van der Waals surface area contributed by atoms with Crippen LogP contribution in [0.5, 0.6) is 0 Å². The molecule has 2 aromatic carbocycles. The number of nitrogens with zero attached hydrogens (tertiary/aromatic N) is 3. The zero-order valence-corrected chi connectivity index (χ0v) is 33.5.